The molecule has 29 heavy (non-hydrogen) atoms. The fraction of sp³-hybridized carbons (Fsp3) is 0.474. The van der Waals surface area contributed by atoms with E-state index in [0.29, 0.717) is 17.1 Å². The second kappa shape index (κ2) is 9.90. The van der Waals surface area contributed by atoms with Crippen LogP contribution in [0.2, 0.25) is 0 Å². The number of carbonyl (C=O) groups is 1. The van der Waals surface area contributed by atoms with E-state index in [2.05, 4.69) is 27.5 Å². The number of amides is 1. The summed E-state index contributed by atoms with van der Waals surface area (Å²) in [4.78, 5) is 22.7. The molecule has 0 bridgehead atoms. The minimum Gasteiger partial charge on any atom is -0.379 e. The zero-order valence-electron chi connectivity index (χ0n) is 16.5. The van der Waals surface area contributed by atoms with Crippen LogP contribution < -0.4 is 4.90 Å². The molecule has 1 aliphatic heterocycles. The molecule has 0 atom stereocenters. The Morgan fingerprint density at radius 1 is 1.28 bits per heavy atom. The maximum atomic E-state index is 13.2. The van der Waals surface area contributed by atoms with Crippen molar-refractivity contribution in [2.24, 2.45) is 0 Å². The number of fused-ring (bicyclic) bond motifs is 1. The minimum atomic E-state index is -0.0646. The van der Waals surface area contributed by atoms with Crippen molar-refractivity contribution in [1.29, 1.82) is 0 Å². The molecule has 0 saturated carbocycles. The van der Waals surface area contributed by atoms with E-state index in [9.17, 15) is 4.79 Å². The Bertz CT molecular complexity index is 971. The van der Waals surface area contributed by atoms with Gasteiger partial charge in [-0.15, -0.1) is 17.5 Å². The Morgan fingerprint density at radius 3 is 2.79 bits per heavy atom. The van der Waals surface area contributed by atoms with E-state index in [1.807, 2.05) is 19.1 Å². The lowest BCUT2D eigenvalue weighted by atomic mass is 10.2. The summed E-state index contributed by atoms with van der Waals surface area (Å²) in [6, 6.07) is 6.18. The van der Waals surface area contributed by atoms with Gasteiger partial charge >= 0.3 is 0 Å². The Labute approximate surface area is 184 Å². The highest BCUT2D eigenvalue weighted by Crippen LogP contribution is 2.31. The Kier molecular flexibility index (Phi) is 7.53. The van der Waals surface area contributed by atoms with Crippen molar-refractivity contribution in [2.75, 3.05) is 44.3 Å². The van der Waals surface area contributed by atoms with Crippen LogP contribution in [0, 0.1) is 13.8 Å². The third-order valence-corrected chi connectivity index (χ3v) is 6.67. The van der Waals surface area contributed by atoms with Gasteiger partial charge in [0.15, 0.2) is 5.13 Å². The molecule has 156 valence electrons. The predicted molar refractivity (Wildman–Crippen MR) is 120 cm³/mol. The lowest BCUT2D eigenvalue weighted by molar-refractivity contribution is 0.0376. The molecule has 0 aliphatic carbocycles. The van der Waals surface area contributed by atoms with Crippen LogP contribution in [-0.4, -0.2) is 64.8 Å². The number of aryl methyl sites for hydroxylation is 2. The van der Waals surface area contributed by atoms with Crippen molar-refractivity contribution in [2.45, 2.75) is 20.3 Å². The number of hydrogen-bond acceptors (Lipinski definition) is 8. The van der Waals surface area contributed by atoms with E-state index in [1.54, 1.807) is 16.2 Å². The third-order valence-electron chi connectivity index (χ3n) is 4.81. The second-order valence-electron chi connectivity index (χ2n) is 6.92. The first kappa shape index (κ1) is 22.0. The zero-order valence-corrected chi connectivity index (χ0v) is 18.9. The summed E-state index contributed by atoms with van der Waals surface area (Å²) in [7, 11) is 0. The summed E-state index contributed by atoms with van der Waals surface area (Å²) in [6.45, 7) is 8.92. The number of carbonyl (C=O) groups excluding carboxylic acids is 1. The summed E-state index contributed by atoms with van der Waals surface area (Å²) in [5, 5.41) is 4.74. The van der Waals surface area contributed by atoms with E-state index in [1.165, 1.54) is 5.56 Å². The van der Waals surface area contributed by atoms with E-state index < -0.39 is 0 Å². The highest BCUT2D eigenvalue weighted by atomic mass is 35.5. The standard InChI is InChI=1S/C19H23N5O2S2.ClH/c1-13-4-5-15-16(12-13)27-19(20-15)24(18(25)17-14(2)21-22-28-17)7-3-6-23-8-10-26-11-9-23;/h4-5,12H,3,6-11H2,1-2H3;1H. The van der Waals surface area contributed by atoms with Crippen LogP contribution in [0.1, 0.15) is 27.3 Å². The number of hydrogen-bond donors (Lipinski definition) is 0. The van der Waals surface area contributed by atoms with Gasteiger partial charge in [-0.3, -0.25) is 14.6 Å². The van der Waals surface area contributed by atoms with Crippen LogP contribution in [0.25, 0.3) is 10.2 Å². The molecule has 3 heterocycles. The number of benzene rings is 1. The van der Waals surface area contributed by atoms with Gasteiger partial charge in [-0.1, -0.05) is 21.9 Å². The van der Waals surface area contributed by atoms with Gasteiger partial charge in [-0.2, -0.15) is 0 Å². The zero-order chi connectivity index (χ0) is 19.5. The number of thiazole rings is 1. The molecule has 7 nitrogen and oxygen atoms in total. The molecule has 1 aliphatic rings. The molecule has 1 aromatic carbocycles. The van der Waals surface area contributed by atoms with E-state index in [-0.39, 0.29) is 18.3 Å². The fourth-order valence-electron chi connectivity index (χ4n) is 3.25. The topological polar surface area (TPSA) is 71.5 Å². The normalized spacial score (nSPS) is 14.7. The lowest BCUT2D eigenvalue weighted by Crippen LogP contribution is -2.39. The highest BCUT2D eigenvalue weighted by Gasteiger charge is 2.25. The van der Waals surface area contributed by atoms with Gasteiger partial charge in [-0.05, 0) is 49.5 Å². The molecule has 10 heteroatoms. The smallest absolute Gasteiger partial charge is 0.273 e. The monoisotopic (exact) mass is 453 g/mol. The van der Waals surface area contributed by atoms with Gasteiger partial charge in [0.2, 0.25) is 0 Å². The van der Waals surface area contributed by atoms with Gasteiger partial charge in [0.25, 0.3) is 5.91 Å². The minimum absolute atomic E-state index is 0. The number of morpholine rings is 1. The number of aromatic nitrogens is 3. The number of halogens is 1. The molecule has 2 aromatic heterocycles. The van der Waals surface area contributed by atoms with Crippen molar-refractivity contribution >= 4 is 56.5 Å². The molecule has 0 radical (unpaired) electrons. The van der Waals surface area contributed by atoms with Crippen molar-refractivity contribution in [3.63, 3.8) is 0 Å². The van der Waals surface area contributed by atoms with Crippen LogP contribution in [0.3, 0.4) is 0 Å². The molecule has 0 N–H and O–H groups in total. The molecular weight excluding hydrogens is 430 g/mol. The molecule has 1 fully saturated rings. The Morgan fingerprint density at radius 2 is 2.07 bits per heavy atom. The van der Waals surface area contributed by atoms with Crippen LogP contribution in [0.4, 0.5) is 5.13 Å². The summed E-state index contributed by atoms with van der Waals surface area (Å²) in [6.07, 6.45) is 0.881. The predicted octanol–water partition coefficient (Wildman–Crippen LogP) is 3.56. The molecule has 0 unspecified atom stereocenters. The number of nitrogens with zero attached hydrogens (tertiary/aromatic N) is 5. The maximum absolute atomic E-state index is 13.2. The Balaban J connectivity index is 0.00000240. The molecule has 3 aromatic rings. The van der Waals surface area contributed by atoms with Crippen molar-refractivity contribution in [3.05, 3.63) is 34.3 Å². The number of anilines is 1. The summed E-state index contributed by atoms with van der Waals surface area (Å²) in [5.41, 5.74) is 2.79. The Hall–Kier alpha value is -1.65. The van der Waals surface area contributed by atoms with Crippen LogP contribution in [0.15, 0.2) is 18.2 Å². The van der Waals surface area contributed by atoms with Gasteiger partial charge in [0.1, 0.15) is 4.88 Å². The molecular formula is C19H24ClN5O2S2. The highest BCUT2D eigenvalue weighted by molar-refractivity contribution is 7.22. The first-order valence-electron chi connectivity index (χ1n) is 9.40. The second-order valence-corrected chi connectivity index (χ2v) is 8.68. The molecule has 4 rings (SSSR count). The van der Waals surface area contributed by atoms with Crippen LogP contribution >= 0.6 is 35.3 Å². The first-order chi connectivity index (χ1) is 13.6. The average Bonchev–Trinajstić information content (AvgIpc) is 3.31. The largest absolute Gasteiger partial charge is 0.379 e. The maximum Gasteiger partial charge on any atom is 0.273 e. The number of ether oxygens (including phenoxy) is 1. The van der Waals surface area contributed by atoms with Crippen LogP contribution in [0.5, 0.6) is 0 Å². The van der Waals surface area contributed by atoms with Crippen molar-refractivity contribution in [1.82, 2.24) is 19.5 Å². The van der Waals surface area contributed by atoms with Crippen LogP contribution in [-0.2, 0) is 4.74 Å². The summed E-state index contributed by atoms with van der Waals surface area (Å²) >= 11 is 2.71. The van der Waals surface area contributed by atoms with Gasteiger partial charge in [0.05, 0.1) is 29.1 Å². The summed E-state index contributed by atoms with van der Waals surface area (Å²) in [5.74, 6) is -0.0646. The van der Waals surface area contributed by atoms with Gasteiger partial charge < -0.3 is 4.74 Å². The van der Waals surface area contributed by atoms with Crippen molar-refractivity contribution in [3.8, 4) is 0 Å². The van der Waals surface area contributed by atoms with E-state index >= 15 is 0 Å². The van der Waals surface area contributed by atoms with Gasteiger partial charge in [0, 0.05) is 26.2 Å². The molecule has 1 saturated heterocycles. The fourth-order valence-corrected chi connectivity index (χ4v) is 4.94. The average molecular weight is 454 g/mol. The lowest BCUT2D eigenvalue weighted by Gasteiger charge is -2.27. The van der Waals surface area contributed by atoms with E-state index in [0.717, 1.165) is 66.1 Å². The molecule has 1 amide bonds. The molecule has 0 spiro atoms. The van der Waals surface area contributed by atoms with Gasteiger partial charge in [-0.25, -0.2) is 4.98 Å². The summed E-state index contributed by atoms with van der Waals surface area (Å²) < 4.78 is 10.4. The third kappa shape index (κ3) is 5.10. The number of rotatable bonds is 6. The van der Waals surface area contributed by atoms with E-state index in [4.69, 9.17) is 9.72 Å². The first-order valence-corrected chi connectivity index (χ1v) is 11.0. The SMILES string of the molecule is Cc1ccc2nc(N(CCCN3CCOCC3)C(=O)c3snnc3C)sc2c1.Cl. The van der Waals surface area contributed by atoms with Crippen molar-refractivity contribution < 1.29 is 9.53 Å². The quantitative estimate of drug-likeness (QED) is 0.568.